The molecule has 0 unspecified atom stereocenters. The van der Waals surface area contributed by atoms with Gasteiger partial charge in [0.1, 0.15) is 0 Å². The van der Waals surface area contributed by atoms with Gasteiger partial charge in [0.2, 0.25) is 5.95 Å². The number of aromatic nitrogens is 2. The Labute approximate surface area is 124 Å². The van der Waals surface area contributed by atoms with Gasteiger partial charge in [0.25, 0.3) is 0 Å². The van der Waals surface area contributed by atoms with E-state index in [0.717, 1.165) is 37.1 Å². The molecule has 0 amide bonds. The molecule has 1 heterocycles. The molecule has 112 valence electrons. The number of hydrogen-bond acceptors (Lipinski definition) is 4. The van der Waals surface area contributed by atoms with Crippen LogP contribution in [0, 0.1) is 0 Å². The largest absolute Gasteiger partial charge is 0.469 e. The minimum Gasteiger partial charge on any atom is -0.469 e. The molecule has 5 nitrogen and oxygen atoms in total. The molecule has 2 N–H and O–H groups in total. The number of nitrogens with two attached hydrogens (primary N) is 1. The molecule has 0 saturated heterocycles. The molecule has 2 rings (SSSR count). The maximum absolute atomic E-state index is 11.0. The van der Waals surface area contributed by atoms with Crippen molar-refractivity contribution in [3.8, 4) is 5.69 Å². The van der Waals surface area contributed by atoms with Gasteiger partial charge in [0.05, 0.1) is 12.8 Å². The monoisotopic (exact) mass is 287 g/mol. The minimum atomic E-state index is -0.146. The average molecular weight is 287 g/mol. The number of rotatable bonds is 7. The topological polar surface area (TPSA) is 70.1 Å². The van der Waals surface area contributed by atoms with Gasteiger partial charge in [0, 0.05) is 18.3 Å². The Kier molecular flexibility index (Phi) is 5.37. The Hall–Kier alpha value is -2.30. The van der Waals surface area contributed by atoms with E-state index in [0.29, 0.717) is 12.4 Å². The third-order valence-corrected chi connectivity index (χ3v) is 3.36. The second-order valence-electron chi connectivity index (χ2n) is 4.93. The van der Waals surface area contributed by atoms with Crippen LogP contribution in [0.4, 0.5) is 5.95 Å². The van der Waals surface area contributed by atoms with Crippen LogP contribution in [0.2, 0.25) is 0 Å². The van der Waals surface area contributed by atoms with Crippen LogP contribution in [-0.2, 0) is 16.0 Å². The van der Waals surface area contributed by atoms with Crippen molar-refractivity contribution in [3.05, 3.63) is 42.2 Å². The molecule has 0 aliphatic heterocycles. The molecular formula is C16H21N3O2. The predicted molar refractivity (Wildman–Crippen MR) is 82.2 cm³/mol. The minimum absolute atomic E-state index is 0.146. The van der Waals surface area contributed by atoms with Crippen LogP contribution in [0.15, 0.2) is 36.5 Å². The molecule has 0 saturated carbocycles. The van der Waals surface area contributed by atoms with Crippen LogP contribution < -0.4 is 5.73 Å². The number of methoxy groups -OCH3 is 1. The summed E-state index contributed by atoms with van der Waals surface area (Å²) in [7, 11) is 1.42. The number of ether oxygens (including phenoxy) is 1. The van der Waals surface area contributed by atoms with Gasteiger partial charge in [-0.3, -0.25) is 9.36 Å². The van der Waals surface area contributed by atoms with E-state index in [1.54, 1.807) is 0 Å². The number of hydrogen-bond donors (Lipinski definition) is 1. The van der Waals surface area contributed by atoms with Gasteiger partial charge < -0.3 is 10.5 Å². The lowest BCUT2D eigenvalue weighted by Crippen LogP contribution is -1.99. The highest BCUT2D eigenvalue weighted by molar-refractivity contribution is 5.68. The summed E-state index contributed by atoms with van der Waals surface area (Å²) < 4.78 is 6.50. The van der Waals surface area contributed by atoms with Crippen molar-refractivity contribution in [1.82, 2.24) is 9.55 Å². The predicted octanol–water partition coefficient (Wildman–Crippen LogP) is 2.73. The van der Waals surface area contributed by atoms with Gasteiger partial charge in [-0.25, -0.2) is 4.98 Å². The number of anilines is 1. The van der Waals surface area contributed by atoms with E-state index in [9.17, 15) is 4.79 Å². The van der Waals surface area contributed by atoms with Crippen LogP contribution in [0.5, 0.6) is 0 Å². The number of imidazole rings is 1. The Bertz CT molecular complexity index is 578. The van der Waals surface area contributed by atoms with Crippen molar-refractivity contribution in [1.29, 1.82) is 0 Å². The molecular weight excluding hydrogens is 266 g/mol. The van der Waals surface area contributed by atoms with Gasteiger partial charge in [-0.1, -0.05) is 24.6 Å². The Morgan fingerprint density at radius 1 is 1.24 bits per heavy atom. The first-order valence-corrected chi connectivity index (χ1v) is 7.16. The highest BCUT2D eigenvalue weighted by Crippen LogP contribution is 2.15. The number of para-hydroxylation sites is 1. The summed E-state index contributed by atoms with van der Waals surface area (Å²) in [5.74, 6) is 0.360. The number of carbonyl (C=O) groups excluding carboxylic acids is 1. The molecule has 0 aliphatic carbocycles. The summed E-state index contributed by atoms with van der Waals surface area (Å²) in [5.41, 5.74) is 7.95. The van der Waals surface area contributed by atoms with Gasteiger partial charge in [-0.05, 0) is 31.4 Å². The molecule has 0 aliphatic rings. The van der Waals surface area contributed by atoms with Crippen molar-refractivity contribution < 1.29 is 9.53 Å². The molecule has 21 heavy (non-hydrogen) atoms. The molecule has 0 radical (unpaired) electrons. The summed E-state index contributed by atoms with van der Waals surface area (Å²) in [6.07, 6.45) is 6.14. The summed E-state index contributed by atoms with van der Waals surface area (Å²) in [6.45, 7) is 0. The summed E-state index contributed by atoms with van der Waals surface area (Å²) in [4.78, 5) is 15.4. The zero-order chi connectivity index (χ0) is 15.1. The molecule has 0 atom stereocenters. The second kappa shape index (κ2) is 7.47. The fourth-order valence-electron chi connectivity index (χ4n) is 2.22. The third kappa shape index (κ3) is 4.34. The van der Waals surface area contributed by atoms with Crippen LogP contribution in [0.1, 0.15) is 31.4 Å². The Morgan fingerprint density at radius 2 is 2.00 bits per heavy atom. The number of nitrogen functional groups attached to an aromatic ring is 1. The lowest BCUT2D eigenvalue weighted by molar-refractivity contribution is -0.140. The van der Waals surface area contributed by atoms with E-state index in [4.69, 9.17) is 5.73 Å². The van der Waals surface area contributed by atoms with E-state index in [2.05, 4.69) is 9.72 Å². The molecule has 1 aromatic carbocycles. The van der Waals surface area contributed by atoms with E-state index < -0.39 is 0 Å². The molecule has 0 spiro atoms. The van der Waals surface area contributed by atoms with Gasteiger partial charge in [-0.2, -0.15) is 0 Å². The SMILES string of the molecule is COC(=O)CCCCCc1cn(-c2ccccc2)c(N)n1. The number of carbonyl (C=O) groups is 1. The lowest BCUT2D eigenvalue weighted by atomic mass is 10.1. The van der Waals surface area contributed by atoms with Crippen LogP contribution in [-0.4, -0.2) is 22.6 Å². The van der Waals surface area contributed by atoms with Crippen LogP contribution >= 0.6 is 0 Å². The van der Waals surface area contributed by atoms with Crippen molar-refractivity contribution in [3.63, 3.8) is 0 Å². The van der Waals surface area contributed by atoms with Crippen LogP contribution in [0.3, 0.4) is 0 Å². The standard InChI is InChI=1S/C16H21N3O2/c1-21-15(20)11-7-2-4-8-13-12-19(16(17)18-13)14-9-5-3-6-10-14/h3,5-6,9-10,12H,2,4,7-8,11H2,1H3,(H2,17,18). The number of aryl methyl sites for hydroxylation is 1. The molecule has 1 aromatic heterocycles. The van der Waals surface area contributed by atoms with Gasteiger partial charge >= 0.3 is 5.97 Å². The summed E-state index contributed by atoms with van der Waals surface area (Å²) in [6, 6.07) is 9.91. The summed E-state index contributed by atoms with van der Waals surface area (Å²) >= 11 is 0. The van der Waals surface area contributed by atoms with Gasteiger partial charge in [-0.15, -0.1) is 0 Å². The quantitative estimate of drug-likeness (QED) is 0.628. The Balaban J connectivity index is 1.84. The van der Waals surface area contributed by atoms with Crippen molar-refractivity contribution in [2.75, 3.05) is 12.8 Å². The van der Waals surface area contributed by atoms with Crippen molar-refractivity contribution >= 4 is 11.9 Å². The van der Waals surface area contributed by atoms with Crippen molar-refractivity contribution in [2.45, 2.75) is 32.1 Å². The first-order chi connectivity index (χ1) is 10.2. The van der Waals surface area contributed by atoms with Crippen molar-refractivity contribution in [2.24, 2.45) is 0 Å². The zero-order valence-electron chi connectivity index (χ0n) is 12.3. The fourth-order valence-corrected chi connectivity index (χ4v) is 2.22. The number of esters is 1. The second-order valence-corrected chi connectivity index (χ2v) is 4.93. The fraction of sp³-hybridized carbons (Fsp3) is 0.375. The normalized spacial score (nSPS) is 10.5. The highest BCUT2D eigenvalue weighted by Gasteiger charge is 2.06. The summed E-state index contributed by atoms with van der Waals surface area (Å²) in [5, 5.41) is 0. The molecule has 0 fully saturated rings. The highest BCUT2D eigenvalue weighted by atomic mass is 16.5. The first kappa shape index (κ1) is 15.1. The molecule has 2 aromatic rings. The third-order valence-electron chi connectivity index (χ3n) is 3.36. The van der Waals surface area contributed by atoms with Gasteiger partial charge in [0.15, 0.2) is 0 Å². The number of unbranched alkanes of at least 4 members (excludes halogenated alkanes) is 2. The average Bonchev–Trinajstić information content (AvgIpc) is 2.88. The maximum Gasteiger partial charge on any atom is 0.305 e. The van der Waals surface area contributed by atoms with Crippen LogP contribution in [0.25, 0.3) is 5.69 Å². The lowest BCUT2D eigenvalue weighted by Gasteiger charge is -2.02. The molecule has 0 bridgehead atoms. The van der Waals surface area contributed by atoms with E-state index in [1.165, 1.54) is 7.11 Å². The number of benzene rings is 1. The molecule has 5 heteroatoms. The number of nitrogens with zero attached hydrogens (tertiary/aromatic N) is 2. The zero-order valence-corrected chi connectivity index (χ0v) is 12.3. The van der Waals surface area contributed by atoms with E-state index in [-0.39, 0.29) is 5.97 Å². The van der Waals surface area contributed by atoms with E-state index in [1.807, 2.05) is 41.1 Å². The Morgan fingerprint density at radius 3 is 2.71 bits per heavy atom. The maximum atomic E-state index is 11.0. The van der Waals surface area contributed by atoms with E-state index >= 15 is 0 Å². The first-order valence-electron chi connectivity index (χ1n) is 7.16. The smallest absolute Gasteiger partial charge is 0.305 e.